The van der Waals surface area contributed by atoms with Gasteiger partial charge in [-0.2, -0.15) is 5.10 Å². The molecule has 0 saturated carbocycles. The van der Waals surface area contributed by atoms with Gasteiger partial charge in [0.25, 0.3) is 0 Å². The van der Waals surface area contributed by atoms with E-state index in [2.05, 4.69) is 41.6 Å². The molecule has 0 aliphatic rings. The molecule has 2 aromatic rings. The second-order valence-corrected chi connectivity index (χ2v) is 4.28. The Bertz CT molecular complexity index is 484. The van der Waals surface area contributed by atoms with Gasteiger partial charge < -0.3 is 5.32 Å². The summed E-state index contributed by atoms with van der Waals surface area (Å²) in [6, 6.07) is 9.07. The SMILES string of the molecule is CCC(NC)c1cccc(-c2cnn(C)c2)c1. The number of aryl methyl sites for hydroxylation is 1. The molecule has 0 bridgehead atoms. The third-order valence-corrected chi connectivity index (χ3v) is 3.08. The molecular weight excluding hydrogens is 210 g/mol. The van der Waals surface area contributed by atoms with Gasteiger partial charge in [-0.15, -0.1) is 0 Å². The first-order chi connectivity index (χ1) is 8.24. The Morgan fingerprint density at radius 3 is 2.76 bits per heavy atom. The maximum absolute atomic E-state index is 4.21. The zero-order chi connectivity index (χ0) is 12.3. The van der Waals surface area contributed by atoms with Crippen molar-refractivity contribution >= 4 is 0 Å². The van der Waals surface area contributed by atoms with E-state index in [9.17, 15) is 0 Å². The molecule has 3 nitrogen and oxygen atoms in total. The molecule has 0 spiro atoms. The molecule has 0 radical (unpaired) electrons. The summed E-state index contributed by atoms with van der Waals surface area (Å²) in [7, 11) is 3.95. The fraction of sp³-hybridized carbons (Fsp3) is 0.357. The average Bonchev–Trinajstić information content (AvgIpc) is 2.78. The van der Waals surface area contributed by atoms with Gasteiger partial charge in [-0.3, -0.25) is 4.68 Å². The van der Waals surface area contributed by atoms with E-state index >= 15 is 0 Å². The molecule has 1 heterocycles. The van der Waals surface area contributed by atoms with Crippen LogP contribution in [0.1, 0.15) is 24.9 Å². The van der Waals surface area contributed by atoms with E-state index in [1.54, 1.807) is 0 Å². The van der Waals surface area contributed by atoms with Gasteiger partial charge in [-0.05, 0) is 30.7 Å². The zero-order valence-corrected chi connectivity index (χ0v) is 10.6. The highest BCUT2D eigenvalue weighted by Crippen LogP contribution is 2.23. The third kappa shape index (κ3) is 2.56. The lowest BCUT2D eigenvalue weighted by molar-refractivity contribution is 0.577. The van der Waals surface area contributed by atoms with Crippen LogP contribution in [0.5, 0.6) is 0 Å². The topological polar surface area (TPSA) is 29.9 Å². The number of hydrogen-bond donors (Lipinski definition) is 1. The van der Waals surface area contributed by atoms with Crippen LogP contribution in [0.25, 0.3) is 11.1 Å². The first kappa shape index (κ1) is 11.9. The molecule has 2 rings (SSSR count). The van der Waals surface area contributed by atoms with Crippen molar-refractivity contribution in [3.8, 4) is 11.1 Å². The van der Waals surface area contributed by atoms with Crippen LogP contribution >= 0.6 is 0 Å². The highest BCUT2D eigenvalue weighted by Gasteiger charge is 2.08. The monoisotopic (exact) mass is 229 g/mol. The average molecular weight is 229 g/mol. The van der Waals surface area contributed by atoms with Crippen LogP contribution in [-0.2, 0) is 7.05 Å². The Balaban J connectivity index is 2.34. The maximum atomic E-state index is 4.21. The van der Waals surface area contributed by atoms with Crippen molar-refractivity contribution in [2.24, 2.45) is 7.05 Å². The second kappa shape index (κ2) is 5.15. The number of benzene rings is 1. The highest BCUT2D eigenvalue weighted by atomic mass is 15.2. The lowest BCUT2D eigenvalue weighted by atomic mass is 10.00. The van der Waals surface area contributed by atoms with Crippen molar-refractivity contribution in [3.05, 3.63) is 42.2 Å². The molecule has 0 amide bonds. The van der Waals surface area contributed by atoms with E-state index in [1.165, 1.54) is 16.7 Å². The molecule has 1 aromatic carbocycles. The minimum absolute atomic E-state index is 0.423. The zero-order valence-electron chi connectivity index (χ0n) is 10.6. The Kier molecular flexibility index (Phi) is 3.59. The lowest BCUT2D eigenvalue weighted by Crippen LogP contribution is -2.14. The van der Waals surface area contributed by atoms with Crippen LogP contribution in [-0.4, -0.2) is 16.8 Å². The third-order valence-electron chi connectivity index (χ3n) is 3.08. The smallest absolute Gasteiger partial charge is 0.0568 e. The number of rotatable bonds is 4. The fourth-order valence-electron chi connectivity index (χ4n) is 2.11. The van der Waals surface area contributed by atoms with Gasteiger partial charge in [0.05, 0.1) is 6.20 Å². The summed E-state index contributed by atoms with van der Waals surface area (Å²) in [6.07, 6.45) is 5.03. The minimum Gasteiger partial charge on any atom is -0.313 e. The van der Waals surface area contributed by atoms with Crippen molar-refractivity contribution < 1.29 is 0 Å². The van der Waals surface area contributed by atoms with E-state index in [0.29, 0.717) is 6.04 Å². The molecule has 17 heavy (non-hydrogen) atoms. The summed E-state index contributed by atoms with van der Waals surface area (Å²) in [5.74, 6) is 0. The second-order valence-electron chi connectivity index (χ2n) is 4.28. The summed E-state index contributed by atoms with van der Waals surface area (Å²) in [5.41, 5.74) is 3.72. The van der Waals surface area contributed by atoms with Gasteiger partial charge in [0.1, 0.15) is 0 Å². The van der Waals surface area contributed by atoms with Crippen LogP contribution in [0.15, 0.2) is 36.7 Å². The van der Waals surface area contributed by atoms with Crippen molar-refractivity contribution in [1.29, 1.82) is 0 Å². The summed E-state index contributed by atoms with van der Waals surface area (Å²) >= 11 is 0. The Morgan fingerprint density at radius 2 is 2.18 bits per heavy atom. The van der Waals surface area contributed by atoms with Crippen molar-refractivity contribution in [2.45, 2.75) is 19.4 Å². The normalized spacial score (nSPS) is 12.6. The van der Waals surface area contributed by atoms with Gasteiger partial charge in [-0.25, -0.2) is 0 Å². The Morgan fingerprint density at radius 1 is 1.35 bits per heavy atom. The number of nitrogens with zero attached hydrogens (tertiary/aromatic N) is 2. The molecule has 1 aromatic heterocycles. The maximum Gasteiger partial charge on any atom is 0.0568 e. The summed E-state index contributed by atoms with van der Waals surface area (Å²) in [6.45, 7) is 2.19. The molecule has 1 N–H and O–H groups in total. The summed E-state index contributed by atoms with van der Waals surface area (Å²) < 4.78 is 1.83. The Hall–Kier alpha value is -1.61. The van der Waals surface area contributed by atoms with Crippen LogP contribution in [0.4, 0.5) is 0 Å². The molecule has 0 fully saturated rings. The summed E-state index contributed by atoms with van der Waals surface area (Å²) in [4.78, 5) is 0. The predicted octanol–water partition coefficient (Wildman–Crippen LogP) is 2.76. The largest absolute Gasteiger partial charge is 0.313 e. The number of nitrogens with one attached hydrogen (secondary N) is 1. The molecule has 0 aliphatic heterocycles. The molecule has 90 valence electrons. The highest BCUT2D eigenvalue weighted by molar-refractivity contribution is 5.62. The quantitative estimate of drug-likeness (QED) is 0.873. The van der Waals surface area contributed by atoms with Crippen LogP contribution in [0, 0.1) is 0 Å². The van der Waals surface area contributed by atoms with Crippen LogP contribution in [0.2, 0.25) is 0 Å². The van der Waals surface area contributed by atoms with Crippen molar-refractivity contribution in [2.75, 3.05) is 7.05 Å². The lowest BCUT2D eigenvalue weighted by Gasteiger charge is -2.14. The van der Waals surface area contributed by atoms with Gasteiger partial charge in [-0.1, -0.05) is 25.1 Å². The molecule has 1 unspecified atom stereocenters. The first-order valence-electron chi connectivity index (χ1n) is 6.01. The van der Waals surface area contributed by atoms with Crippen molar-refractivity contribution in [3.63, 3.8) is 0 Å². The standard InChI is InChI=1S/C14H19N3/c1-4-14(15-2)12-7-5-6-11(8-12)13-9-16-17(3)10-13/h5-10,14-15H,4H2,1-3H3. The molecule has 1 atom stereocenters. The van der Waals surface area contributed by atoms with E-state index < -0.39 is 0 Å². The van der Waals surface area contributed by atoms with Crippen LogP contribution in [0.3, 0.4) is 0 Å². The molecule has 0 saturated heterocycles. The van der Waals surface area contributed by atoms with Crippen molar-refractivity contribution in [1.82, 2.24) is 15.1 Å². The van der Waals surface area contributed by atoms with Gasteiger partial charge in [0.2, 0.25) is 0 Å². The van der Waals surface area contributed by atoms with Gasteiger partial charge in [0.15, 0.2) is 0 Å². The first-order valence-corrected chi connectivity index (χ1v) is 6.01. The fourth-order valence-corrected chi connectivity index (χ4v) is 2.11. The Labute approximate surface area is 102 Å². The van der Waals surface area contributed by atoms with E-state index in [1.807, 2.05) is 31.2 Å². The van der Waals surface area contributed by atoms with Gasteiger partial charge >= 0.3 is 0 Å². The minimum atomic E-state index is 0.423. The molecule has 0 aliphatic carbocycles. The van der Waals surface area contributed by atoms with Gasteiger partial charge in [0, 0.05) is 24.8 Å². The molecular formula is C14H19N3. The van der Waals surface area contributed by atoms with E-state index in [0.717, 1.165) is 6.42 Å². The van der Waals surface area contributed by atoms with E-state index in [-0.39, 0.29) is 0 Å². The van der Waals surface area contributed by atoms with Crippen LogP contribution < -0.4 is 5.32 Å². The number of aromatic nitrogens is 2. The molecule has 3 heteroatoms. The van der Waals surface area contributed by atoms with E-state index in [4.69, 9.17) is 0 Å². The predicted molar refractivity (Wildman–Crippen MR) is 70.7 cm³/mol. The summed E-state index contributed by atoms with van der Waals surface area (Å²) in [5, 5.41) is 7.54. The number of hydrogen-bond acceptors (Lipinski definition) is 2.